The SMILES string of the molecule is COc1ccccc1OCCN1C(=O)S/C(=C\c2cc(I)c(OCc3ccc(C)cc3)c(OC)c2)C1=O. The summed E-state index contributed by atoms with van der Waals surface area (Å²) >= 11 is 3.09. The second-order valence-corrected chi connectivity index (χ2v) is 10.3. The van der Waals surface area contributed by atoms with E-state index in [9.17, 15) is 9.59 Å². The lowest BCUT2D eigenvalue weighted by Gasteiger charge is -2.15. The Hall–Kier alpha value is -3.18. The van der Waals surface area contributed by atoms with Crippen molar-refractivity contribution in [2.45, 2.75) is 13.5 Å². The number of rotatable bonds is 10. The molecule has 0 atom stereocenters. The van der Waals surface area contributed by atoms with E-state index in [0.29, 0.717) is 34.5 Å². The van der Waals surface area contributed by atoms with E-state index in [0.717, 1.165) is 26.5 Å². The lowest BCUT2D eigenvalue weighted by atomic mass is 10.1. The Morgan fingerprint density at radius 1 is 0.919 bits per heavy atom. The van der Waals surface area contributed by atoms with Gasteiger partial charge in [-0.15, -0.1) is 0 Å². The van der Waals surface area contributed by atoms with Crippen molar-refractivity contribution >= 4 is 51.6 Å². The maximum Gasteiger partial charge on any atom is 0.293 e. The number of para-hydroxylation sites is 2. The Morgan fingerprint density at radius 2 is 1.62 bits per heavy atom. The van der Waals surface area contributed by atoms with Gasteiger partial charge in [-0.3, -0.25) is 14.5 Å². The van der Waals surface area contributed by atoms with Gasteiger partial charge in [0.1, 0.15) is 13.2 Å². The Kier molecular flexibility index (Phi) is 8.99. The second kappa shape index (κ2) is 12.4. The number of methoxy groups -OCH3 is 2. The van der Waals surface area contributed by atoms with E-state index in [-0.39, 0.29) is 24.3 Å². The minimum atomic E-state index is -0.354. The third-order valence-electron chi connectivity index (χ3n) is 5.57. The fourth-order valence-corrected chi connectivity index (χ4v) is 5.28. The lowest BCUT2D eigenvalue weighted by Crippen LogP contribution is -2.32. The topological polar surface area (TPSA) is 74.3 Å². The number of aryl methyl sites for hydroxylation is 1. The third-order valence-corrected chi connectivity index (χ3v) is 7.28. The van der Waals surface area contributed by atoms with Crippen molar-refractivity contribution in [2.75, 3.05) is 27.4 Å². The largest absolute Gasteiger partial charge is 0.493 e. The monoisotopic (exact) mass is 631 g/mol. The molecule has 0 bridgehead atoms. The van der Waals surface area contributed by atoms with E-state index in [1.807, 2.05) is 49.4 Å². The number of nitrogens with zero attached hydrogens (tertiary/aromatic N) is 1. The van der Waals surface area contributed by atoms with E-state index in [1.54, 1.807) is 38.5 Å². The maximum absolute atomic E-state index is 13.0. The van der Waals surface area contributed by atoms with Crippen LogP contribution in [0.25, 0.3) is 6.08 Å². The molecule has 1 saturated heterocycles. The van der Waals surface area contributed by atoms with Crippen LogP contribution in [0.4, 0.5) is 4.79 Å². The summed E-state index contributed by atoms with van der Waals surface area (Å²) in [4.78, 5) is 27.0. The molecule has 1 heterocycles. The fraction of sp³-hybridized carbons (Fsp3) is 0.214. The minimum absolute atomic E-state index is 0.132. The van der Waals surface area contributed by atoms with Crippen LogP contribution in [0.5, 0.6) is 23.0 Å². The smallest absolute Gasteiger partial charge is 0.293 e. The van der Waals surface area contributed by atoms with Crippen LogP contribution in [0, 0.1) is 10.5 Å². The molecule has 7 nitrogen and oxygen atoms in total. The van der Waals surface area contributed by atoms with Crippen LogP contribution < -0.4 is 18.9 Å². The molecule has 0 radical (unpaired) electrons. The fourth-order valence-electron chi connectivity index (χ4n) is 3.63. The number of hydrogen-bond donors (Lipinski definition) is 0. The average Bonchev–Trinajstić information content (AvgIpc) is 3.16. The first-order valence-electron chi connectivity index (χ1n) is 11.5. The number of carbonyl (C=O) groups is 2. The molecule has 4 rings (SSSR count). The average molecular weight is 631 g/mol. The quantitative estimate of drug-likeness (QED) is 0.192. The molecule has 1 fully saturated rings. The van der Waals surface area contributed by atoms with Gasteiger partial charge in [0.2, 0.25) is 0 Å². The molecular formula is C28H26INO6S. The van der Waals surface area contributed by atoms with Gasteiger partial charge in [0.15, 0.2) is 23.0 Å². The van der Waals surface area contributed by atoms with Gasteiger partial charge < -0.3 is 18.9 Å². The Morgan fingerprint density at radius 3 is 2.32 bits per heavy atom. The molecule has 3 aromatic carbocycles. The van der Waals surface area contributed by atoms with Crippen LogP contribution in [0.2, 0.25) is 0 Å². The normalized spacial score (nSPS) is 14.3. The van der Waals surface area contributed by atoms with Gasteiger partial charge in [-0.1, -0.05) is 42.0 Å². The third kappa shape index (κ3) is 6.58. The van der Waals surface area contributed by atoms with Crippen molar-refractivity contribution < 1.29 is 28.5 Å². The molecule has 0 aromatic heterocycles. The van der Waals surface area contributed by atoms with Gasteiger partial charge in [0.05, 0.1) is 29.2 Å². The molecule has 0 unspecified atom stereocenters. The van der Waals surface area contributed by atoms with E-state index < -0.39 is 0 Å². The predicted molar refractivity (Wildman–Crippen MR) is 152 cm³/mol. The first-order valence-corrected chi connectivity index (χ1v) is 13.4. The summed E-state index contributed by atoms with van der Waals surface area (Å²) in [5, 5.41) is -0.334. The summed E-state index contributed by atoms with van der Waals surface area (Å²) in [6.07, 6.45) is 1.69. The number of imide groups is 1. The molecule has 37 heavy (non-hydrogen) atoms. The van der Waals surface area contributed by atoms with E-state index in [1.165, 1.54) is 10.5 Å². The minimum Gasteiger partial charge on any atom is -0.493 e. The first kappa shape index (κ1) is 26.9. The summed E-state index contributed by atoms with van der Waals surface area (Å²) in [5.41, 5.74) is 2.98. The Bertz CT molecular complexity index is 1320. The number of ether oxygens (including phenoxy) is 4. The Labute approximate surface area is 233 Å². The summed E-state index contributed by atoms with van der Waals surface area (Å²) in [6.45, 7) is 2.73. The van der Waals surface area contributed by atoms with Gasteiger partial charge in [-0.2, -0.15) is 0 Å². The molecule has 2 amide bonds. The number of carbonyl (C=O) groups excluding carboxylic acids is 2. The summed E-state index contributed by atoms with van der Waals surface area (Å²) in [7, 11) is 3.13. The van der Waals surface area contributed by atoms with E-state index >= 15 is 0 Å². The number of thioether (sulfide) groups is 1. The summed E-state index contributed by atoms with van der Waals surface area (Å²) < 4.78 is 23.4. The second-order valence-electron chi connectivity index (χ2n) is 8.14. The van der Waals surface area contributed by atoms with Crippen LogP contribution in [-0.4, -0.2) is 43.4 Å². The number of benzene rings is 3. The number of amides is 2. The molecule has 0 spiro atoms. The molecule has 192 valence electrons. The molecule has 3 aromatic rings. The van der Waals surface area contributed by atoms with Crippen molar-refractivity contribution in [1.82, 2.24) is 4.90 Å². The highest BCUT2D eigenvalue weighted by atomic mass is 127. The van der Waals surface area contributed by atoms with Gasteiger partial charge in [0, 0.05) is 0 Å². The standard InChI is InChI=1S/C28H26INO6S/c1-18-8-10-19(11-9-18)17-36-26-21(29)14-20(15-24(26)34-3)16-25-27(31)30(28(32)37-25)12-13-35-23-7-5-4-6-22(23)33-2/h4-11,14-16H,12-13,17H2,1-3H3/b25-16-. The first-order chi connectivity index (χ1) is 17.9. The van der Waals surface area contributed by atoms with Gasteiger partial charge in [-0.25, -0.2) is 0 Å². The van der Waals surface area contributed by atoms with Gasteiger partial charge in [-0.05, 0) is 82.7 Å². The molecule has 1 aliphatic rings. The van der Waals surface area contributed by atoms with Crippen LogP contribution in [-0.2, 0) is 11.4 Å². The van der Waals surface area contributed by atoms with E-state index in [2.05, 4.69) is 22.6 Å². The van der Waals surface area contributed by atoms with Crippen LogP contribution in [0.1, 0.15) is 16.7 Å². The van der Waals surface area contributed by atoms with Crippen molar-refractivity contribution in [1.29, 1.82) is 0 Å². The lowest BCUT2D eigenvalue weighted by molar-refractivity contribution is -0.123. The highest BCUT2D eigenvalue weighted by molar-refractivity contribution is 14.1. The zero-order valence-corrected chi connectivity index (χ0v) is 23.6. The summed E-state index contributed by atoms with van der Waals surface area (Å²) in [6, 6.07) is 19.1. The van der Waals surface area contributed by atoms with Crippen LogP contribution >= 0.6 is 34.4 Å². The van der Waals surface area contributed by atoms with Gasteiger partial charge >= 0.3 is 0 Å². The summed E-state index contributed by atoms with van der Waals surface area (Å²) in [5.74, 6) is 1.97. The zero-order valence-electron chi connectivity index (χ0n) is 20.7. The van der Waals surface area contributed by atoms with Crippen LogP contribution in [0.15, 0.2) is 65.6 Å². The number of hydrogen-bond acceptors (Lipinski definition) is 7. The van der Waals surface area contributed by atoms with Gasteiger partial charge in [0.25, 0.3) is 11.1 Å². The maximum atomic E-state index is 13.0. The van der Waals surface area contributed by atoms with Crippen molar-refractivity contribution in [2.24, 2.45) is 0 Å². The molecular weight excluding hydrogens is 605 g/mol. The molecule has 1 aliphatic heterocycles. The molecule has 0 N–H and O–H groups in total. The highest BCUT2D eigenvalue weighted by Gasteiger charge is 2.35. The number of halogens is 1. The highest BCUT2D eigenvalue weighted by Crippen LogP contribution is 2.37. The van der Waals surface area contributed by atoms with Crippen LogP contribution in [0.3, 0.4) is 0 Å². The Balaban J connectivity index is 1.43. The molecule has 9 heteroatoms. The van der Waals surface area contributed by atoms with E-state index in [4.69, 9.17) is 18.9 Å². The van der Waals surface area contributed by atoms with Crippen molar-refractivity contribution in [3.05, 3.63) is 85.8 Å². The molecule has 0 aliphatic carbocycles. The predicted octanol–water partition coefficient (Wildman–Crippen LogP) is 6.31. The van der Waals surface area contributed by atoms with Crippen molar-refractivity contribution in [3.8, 4) is 23.0 Å². The zero-order chi connectivity index (χ0) is 26.4. The van der Waals surface area contributed by atoms with Crippen molar-refractivity contribution in [3.63, 3.8) is 0 Å². The molecule has 0 saturated carbocycles.